The van der Waals surface area contributed by atoms with Crippen molar-refractivity contribution in [2.75, 3.05) is 18.6 Å². The van der Waals surface area contributed by atoms with Crippen molar-refractivity contribution in [2.24, 2.45) is 0 Å². The number of carbonyl (C=O) groups excluding carboxylic acids is 1. The molecule has 0 spiro atoms. The average molecular weight is 192 g/mol. The van der Waals surface area contributed by atoms with Crippen molar-refractivity contribution in [2.45, 2.75) is 12.8 Å². The molecule has 1 aromatic heterocycles. The summed E-state index contributed by atoms with van der Waals surface area (Å²) in [5.74, 6) is 1.56. The second-order valence-electron chi connectivity index (χ2n) is 3.20. The summed E-state index contributed by atoms with van der Waals surface area (Å²) in [6, 6.07) is 3.55. The van der Waals surface area contributed by atoms with Crippen LogP contribution in [0.5, 0.6) is 5.75 Å². The van der Waals surface area contributed by atoms with Gasteiger partial charge in [-0.1, -0.05) is 0 Å². The Kier molecular flexibility index (Phi) is 2.35. The fourth-order valence-corrected chi connectivity index (χ4v) is 1.56. The van der Waals surface area contributed by atoms with Crippen LogP contribution in [0.4, 0.5) is 5.82 Å². The van der Waals surface area contributed by atoms with Crippen molar-refractivity contribution in [3.8, 4) is 5.75 Å². The molecule has 1 saturated heterocycles. The minimum atomic E-state index is 0.144. The van der Waals surface area contributed by atoms with E-state index in [4.69, 9.17) is 4.74 Å². The van der Waals surface area contributed by atoms with Gasteiger partial charge in [0.15, 0.2) is 0 Å². The number of carbonyl (C=O) groups is 1. The molecule has 14 heavy (non-hydrogen) atoms. The summed E-state index contributed by atoms with van der Waals surface area (Å²) in [5, 5.41) is 0. The number of methoxy groups -OCH3 is 1. The second-order valence-corrected chi connectivity index (χ2v) is 3.20. The highest BCUT2D eigenvalue weighted by Gasteiger charge is 2.22. The van der Waals surface area contributed by atoms with Gasteiger partial charge in [0.05, 0.1) is 7.11 Å². The third-order valence-electron chi connectivity index (χ3n) is 2.30. The van der Waals surface area contributed by atoms with Crippen LogP contribution in [0.15, 0.2) is 18.3 Å². The molecule has 0 unspecified atom stereocenters. The first-order chi connectivity index (χ1) is 6.81. The number of rotatable bonds is 2. The molecule has 2 heterocycles. The first-order valence-corrected chi connectivity index (χ1v) is 4.61. The zero-order valence-electron chi connectivity index (χ0n) is 8.06. The second kappa shape index (κ2) is 3.65. The van der Waals surface area contributed by atoms with Gasteiger partial charge in [0.25, 0.3) is 0 Å². The lowest BCUT2D eigenvalue weighted by atomic mass is 10.4. The quantitative estimate of drug-likeness (QED) is 0.707. The van der Waals surface area contributed by atoms with Crippen molar-refractivity contribution >= 4 is 11.7 Å². The Hall–Kier alpha value is -1.58. The van der Waals surface area contributed by atoms with Crippen molar-refractivity contribution < 1.29 is 9.53 Å². The molecule has 1 aromatic rings. The van der Waals surface area contributed by atoms with E-state index in [2.05, 4.69) is 4.98 Å². The number of aromatic nitrogens is 1. The van der Waals surface area contributed by atoms with Gasteiger partial charge in [0.2, 0.25) is 5.91 Å². The number of hydrogen-bond acceptors (Lipinski definition) is 3. The van der Waals surface area contributed by atoms with E-state index in [1.54, 1.807) is 30.3 Å². The van der Waals surface area contributed by atoms with Crippen LogP contribution >= 0.6 is 0 Å². The van der Waals surface area contributed by atoms with E-state index >= 15 is 0 Å². The van der Waals surface area contributed by atoms with Crippen LogP contribution in [0, 0.1) is 0 Å². The summed E-state index contributed by atoms with van der Waals surface area (Å²) >= 11 is 0. The summed E-state index contributed by atoms with van der Waals surface area (Å²) < 4.78 is 5.07. The van der Waals surface area contributed by atoms with E-state index in [0.29, 0.717) is 12.2 Å². The minimum Gasteiger partial charge on any atom is -0.497 e. The molecular formula is C10H12N2O2. The molecular weight excluding hydrogens is 180 g/mol. The molecule has 0 atom stereocenters. The molecule has 0 aromatic carbocycles. The zero-order chi connectivity index (χ0) is 9.97. The van der Waals surface area contributed by atoms with Crippen LogP contribution in [-0.2, 0) is 4.79 Å². The van der Waals surface area contributed by atoms with Gasteiger partial charge in [-0.3, -0.25) is 9.69 Å². The molecule has 0 bridgehead atoms. The molecule has 74 valence electrons. The highest BCUT2D eigenvalue weighted by atomic mass is 16.5. The Bertz CT molecular complexity index is 352. The normalized spacial score (nSPS) is 16.1. The van der Waals surface area contributed by atoms with Crippen molar-refractivity contribution in [1.29, 1.82) is 0 Å². The lowest BCUT2D eigenvalue weighted by Gasteiger charge is -2.14. The number of pyridine rings is 1. The van der Waals surface area contributed by atoms with Gasteiger partial charge >= 0.3 is 0 Å². The predicted octanol–water partition coefficient (Wildman–Crippen LogP) is 1.22. The topological polar surface area (TPSA) is 42.4 Å². The fourth-order valence-electron chi connectivity index (χ4n) is 1.56. The lowest BCUT2D eigenvalue weighted by molar-refractivity contribution is -0.117. The van der Waals surface area contributed by atoms with Gasteiger partial charge in [-0.2, -0.15) is 0 Å². The van der Waals surface area contributed by atoms with E-state index in [-0.39, 0.29) is 5.91 Å². The van der Waals surface area contributed by atoms with E-state index in [1.807, 2.05) is 0 Å². The van der Waals surface area contributed by atoms with Crippen LogP contribution in [-0.4, -0.2) is 24.5 Å². The SMILES string of the molecule is COc1ccnc(N2CCCC2=O)c1. The molecule has 0 aliphatic carbocycles. The van der Waals surface area contributed by atoms with Crippen molar-refractivity contribution in [1.82, 2.24) is 4.98 Å². The van der Waals surface area contributed by atoms with Gasteiger partial charge in [0.1, 0.15) is 11.6 Å². The smallest absolute Gasteiger partial charge is 0.228 e. The van der Waals surface area contributed by atoms with Crippen LogP contribution in [0.2, 0.25) is 0 Å². The van der Waals surface area contributed by atoms with Gasteiger partial charge in [-0.15, -0.1) is 0 Å². The third kappa shape index (κ3) is 1.55. The summed E-state index contributed by atoms with van der Waals surface area (Å²) in [5.41, 5.74) is 0. The van der Waals surface area contributed by atoms with Crippen LogP contribution in [0.25, 0.3) is 0 Å². The number of amides is 1. The molecule has 1 amide bonds. The summed E-state index contributed by atoms with van der Waals surface area (Å²) in [7, 11) is 1.60. The Labute approximate surface area is 82.5 Å². The molecule has 4 nitrogen and oxygen atoms in total. The maximum Gasteiger partial charge on any atom is 0.228 e. The van der Waals surface area contributed by atoms with Crippen LogP contribution in [0.1, 0.15) is 12.8 Å². The van der Waals surface area contributed by atoms with E-state index in [0.717, 1.165) is 18.7 Å². The van der Waals surface area contributed by atoms with Gasteiger partial charge in [0, 0.05) is 25.2 Å². The highest BCUT2D eigenvalue weighted by Crippen LogP contribution is 2.22. The zero-order valence-corrected chi connectivity index (χ0v) is 8.06. The number of ether oxygens (including phenoxy) is 1. The first-order valence-electron chi connectivity index (χ1n) is 4.61. The Balaban J connectivity index is 2.26. The molecule has 0 radical (unpaired) electrons. The maximum absolute atomic E-state index is 11.4. The van der Waals surface area contributed by atoms with E-state index in [9.17, 15) is 4.79 Å². The van der Waals surface area contributed by atoms with E-state index in [1.165, 1.54) is 0 Å². The van der Waals surface area contributed by atoms with Gasteiger partial charge < -0.3 is 4.74 Å². The summed E-state index contributed by atoms with van der Waals surface area (Å²) in [6.45, 7) is 0.763. The lowest BCUT2D eigenvalue weighted by Crippen LogP contribution is -2.24. The minimum absolute atomic E-state index is 0.144. The molecule has 1 aliphatic heterocycles. The largest absolute Gasteiger partial charge is 0.497 e. The fraction of sp³-hybridized carbons (Fsp3) is 0.400. The number of nitrogens with zero attached hydrogens (tertiary/aromatic N) is 2. The molecule has 2 rings (SSSR count). The Morgan fingerprint density at radius 1 is 1.57 bits per heavy atom. The first kappa shape index (κ1) is 8.99. The Morgan fingerprint density at radius 2 is 2.43 bits per heavy atom. The maximum atomic E-state index is 11.4. The molecule has 0 saturated carbocycles. The number of anilines is 1. The monoisotopic (exact) mass is 192 g/mol. The van der Waals surface area contributed by atoms with Crippen molar-refractivity contribution in [3.05, 3.63) is 18.3 Å². The number of hydrogen-bond donors (Lipinski definition) is 0. The third-order valence-corrected chi connectivity index (χ3v) is 2.30. The molecule has 1 fully saturated rings. The van der Waals surface area contributed by atoms with Gasteiger partial charge in [-0.05, 0) is 12.5 Å². The molecule has 0 N–H and O–H groups in total. The predicted molar refractivity (Wildman–Crippen MR) is 52.4 cm³/mol. The standard InChI is InChI=1S/C10H12N2O2/c1-14-8-4-5-11-9(7-8)12-6-2-3-10(12)13/h4-5,7H,2-3,6H2,1H3. The van der Waals surface area contributed by atoms with Crippen molar-refractivity contribution in [3.63, 3.8) is 0 Å². The Morgan fingerprint density at radius 3 is 3.07 bits per heavy atom. The summed E-state index contributed by atoms with van der Waals surface area (Å²) in [4.78, 5) is 17.3. The highest BCUT2D eigenvalue weighted by molar-refractivity contribution is 5.94. The van der Waals surface area contributed by atoms with Gasteiger partial charge in [-0.25, -0.2) is 4.98 Å². The van der Waals surface area contributed by atoms with Crippen LogP contribution < -0.4 is 9.64 Å². The van der Waals surface area contributed by atoms with E-state index < -0.39 is 0 Å². The average Bonchev–Trinajstić information content (AvgIpc) is 2.65. The van der Waals surface area contributed by atoms with Crippen LogP contribution in [0.3, 0.4) is 0 Å². The molecule has 1 aliphatic rings. The summed E-state index contributed by atoms with van der Waals surface area (Å²) in [6.07, 6.45) is 3.19. The molecule has 4 heteroatoms.